The van der Waals surface area contributed by atoms with Crippen LogP contribution in [0.4, 0.5) is 13.2 Å². The Balaban J connectivity index is 1.27. The summed E-state index contributed by atoms with van der Waals surface area (Å²) < 4.78 is 52.3. The number of likely N-dealkylation sites (tertiary alicyclic amines) is 1. The summed E-state index contributed by atoms with van der Waals surface area (Å²) in [6.45, 7) is 4.98. The van der Waals surface area contributed by atoms with Crippen LogP contribution in [0, 0.1) is 22.9 Å². The van der Waals surface area contributed by atoms with Gasteiger partial charge in [-0.2, -0.15) is 0 Å². The van der Waals surface area contributed by atoms with Crippen molar-refractivity contribution in [3.8, 4) is 5.75 Å². The Morgan fingerprint density at radius 2 is 1.82 bits per heavy atom. The minimum absolute atomic E-state index is 0.217. The van der Waals surface area contributed by atoms with Gasteiger partial charge in [0.2, 0.25) is 5.91 Å². The number of ether oxygens (including phenoxy) is 2. The van der Waals surface area contributed by atoms with E-state index in [1.165, 1.54) is 0 Å². The molecule has 2 aromatic carbocycles. The normalized spacial score (nSPS) is 18.2. The third kappa shape index (κ3) is 7.90. The molecule has 0 bridgehead atoms. The molecule has 1 aromatic heterocycles. The van der Waals surface area contributed by atoms with Gasteiger partial charge >= 0.3 is 0 Å². The Kier molecular flexibility index (Phi) is 11.2. The number of aliphatic hydroxyl groups excluding tert-OH is 1. The van der Waals surface area contributed by atoms with Crippen LogP contribution >= 0.6 is 11.8 Å². The SMILES string of the molecule is COc1ccc2ncc(CN3CCOCC3)c(C(O)CCC3(C(=O)NO)CCN(CCSc4c(F)cc(F)cc4F)CC3)c2c1. The number of thioether (sulfide) groups is 1. The zero-order valence-electron chi connectivity index (χ0n) is 25.2. The van der Waals surface area contributed by atoms with Crippen molar-refractivity contribution in [1.29, 1.82) is 0 Å². The summed E-state index contributed by atoms with van der Waals surface area (Å²) >= 11 is 0.980. The molecule has 0 aliphatic carbocycles. The number of aromatic nitrogens is 1. The zero-order valence-corrected chi connectivity index (χ0v) is 26.1. The molecule has 3 heterocycles. The summed E-state index contributed by atoms with van der Waals surface area (Å²) in [6, 6.07) is 6.89. The van der Waals surface area contributed by atoms with Gasteiger partial charge in [0, 0.05) is 55.6 Å². The minimum atomic E-state index is -0.959. The summed E-state index contributed by atoms with van der Waals surface area (Å²) in [4.78, 5) is 21.8. The standard InChI is InChI=1S/C32H39F3N4O5S/c1-43-23-2-3-27-24(18-23)29(21(19-36-27)20-39-10-13-44-14-11-39)28(40)4-5-32(31(41)37-42)6-8-38(9-7-32)12-15-45-30-25(34)16-22(33)17-26(30)35/h2-3,16-19,28,40,42H,4-15,20H2,1H3,(H,37,41). The fraction of sp³-hybridized carbons (Fsp3) is 0.500. The van der Waals surface area contributed by atoms with Crippen molar-refractivity contribution >= 4 is 28.6 Å². The Morgan fingerprint density at radius 3 is 2.49 bits per heavy atom. The molecule has 1 unspecified atom stereocenters. The molecular weight excluding hydrogens is 609 g/mol. The van der Waals surface area contributed by atoms with Crippen LogP contribution in [0.3, 0.4) is 0 Å². The molecule has 3 aromatic rings. The van der Waals surface area contributed by atoms with Gasteiger partial charge < -0.3 is 19.5 Å². The van der Waals surface area contributed by atoms with E-state index in [1.54, 1.807) is 13.3 Å². The van der Waals surface area contributed by atoms with Gasteiger partial charge in [-0.1, -0.05) is 0 Å². The number of nitrogens with zero attached hydrogens (tertiary/aromatic N) is 3. The summed E-state index contributed by atoms with van der Waals surface area (Å²) in [7, 11) is 1.59. The lowest BCUT2D eigenvalue weighted by Gasteiger charge is -2.40. The van der Waals surface area contributed by atoms with Crippen LogP contribution in [0.2, 0.25) is 0 Å². The number of amides is 1. The topological polar surface area (TPSA) is 107 Å². The molecule has 2 fully saturated rings. The lowest BCUT2D eigenvalue weighted by atomic mass is 9.73. The third-order valence-electron chi connectivity index (χ3n) is 8.94. The van der Waals surface area contributed by atoms with E-state index in [4.69, 9.17) is 9.47 Å². The molecule has 5 rings (SSSR count). The molecular formula is C32H39F3N4O5S. The van der Waals surface area contributed by atoms with Crippen LogP contribution in [0.15, 0.2) is 41.4 Å². The van der Waals surface area contributed by atoms with Gasteiger partial charge in [0.15, 0.2) is 0 Å². The number of fused-ring (bicyclic) bond motifs is 1. The highest BCUT2D eigenvalue weighted by Gasteiger charge is 2.41. The molecule has 9 nitrogen and oxygen atoms in total. The lowest BCUT2D eigenvalue weighted by molar-refractivity contribution is -0.143. The zero-order chi connectivity index (χ0) is 32.0. The fourth-order valence-electron chi connectivity index (χ4n) is 6.29. The number of carbonyl (C=O) groups excluding carboxylic acids is 1. The van der Waals surface area contributed by atoms with Crippen molar-refractivity contribution in [1.82, 2.24) is 20.3 Å². The molecule has 244 valence electrons. The largest absolute Gasteiger partial charge is 0.497 e. The monoisotopic (exact) mass is 648 g/mol. The third-order valence-corrected chi connectivity index (χ3v) is 10.0. The number of piperidine rings is 1. The molecule has 0 spiro atoms. The summed E-state index contributed by atoms with van der Waals surface area (Å²) in [6.07, 6.45) is 2.37. The van der Waals surface area contributed by atoms with Gasteiger partial charge in [-0.05, 0) is 68.1 Å². The molecule has 45 heavy (non-hydrogen) atoms. The molecule has 0 saturated carbocycles. The lowest BCUT2D eigenvalue weighted by Crippen LogP contribution is -2.48. The highest BCUT2D eigenvalue weighted by Crippen LogP contribution is 2.41. The first-order valence-corrected chi connectivity index (χ1v) is 16.1. The first-order chi connectivity index (χ1) is 21.7. The number of carbonyl (C=O) groups is 1. The molecule has 2 aliphatic rings. The van der Waals surface area contributed by atoms with Crippen LogP contribution < -0.4 is 10.2 Å². The molecule has 2 aliphatic heterocycles. The van der Waals surface area contributed by atoms with E-state index in [-0.39, 0.29) is 11.3 Å². The van der Waals surface area contributed by atoms with Crippen molar-refractivity contribution in [2.75, 3.05) is 58.8 Å². The Labute approximate surface area is 264 Å². The Morgan fingerprint density at radius 1 is 1.11 bits per heavy atom. The van der Waals surface area contributed by atoms with E-state index in [0.717, 1.165) is 46.9 Å². The maximum absolute atomic E-state index is 14.0. The molecule has 13 heteroatoms. The summed E-state index contributed by atoms with van der Waals surface area (Å²) in [5.74, 6) is -2.29. The molecule has 1 atom stereocenters. The summed E-state index contributed by atoms with van der Waals surface area (Å²) in [5.41, 5.74) is 3.31. The predicted molar refractivity (Wildman–Crippen MR) is 164 cm³/mol. The smallest absolute Gasteiger partial charge is 0.249 e. The maximum Gasteiger partial charge on any atom is 0.249 e. The molecule has 2 saturated heterocycles. The van der Waals surface area contributed by atoms with E-state index >= 15 is 0 Å². The molecule has 3 N–H and O–H groups in total. The van der Waals surface area contributed by atoms with Crippen LogP contribution in [-0.4, -0.2) is 89.8 Å². The number of benzene rings is 2. The van der Waals surface area contributed by atoms with Crippen LogP contribution in [0.1, 0.15) is 42.9 Å². The van der Waals surface area contributed by atoms with Gasteiger partial charge in [-0.25, -0.2) is 18.7 Å². The summed E-state index contributed by atoms with van der Waals surface area (Å²) in [5, 5.41) is 22.2. The van der Waals surface area contributed by atoms with E-state index in [1.807, 2.05) is 23.7 Å². The Hall–Kier alpha value is -2.94. The second-order valence-corrected chi connectivity index (χ2v) is 12.7. The minimum Gasteiger partial charge on any atom is -0.497 e. The van der Waals surface area contributed by atoms with Gasteiger partial charge in [-0.3, -0.25) is 19.9 Å². The molecule has 1 amide bonds. The van der Waals surface area contributed by atoms with Crippen molar-refractivity contribution in [3.63, 3.8) is 0 Å². The number of aliphatic hydroxyl groups is 1. The quantitative estimate of drug-likeness (QED) is 0.147. The van der Waals surface area contributed by atoms with Gasteiger partial charge in [0.1, 0.15) is 23.2 Å². The average molecular weight is 649 g/mol. The maximum atomic E-state index is 14.0. The number of pyridine rings is 1. The average Bonchev–Trinajstić information content (AvgIpc) is 3.05. The fourth-order valence-corrected chi connectivity index (χ4v) is 7.24. The number of halogens is 3. The number of hydrogen-bond donors (Lipinski definition) is 3. The van der Waals surface area contributed by atoms with Crippen molar-refractivity contribution in [2.45, 2.75) is 43.2 Å². The van der Waals surface area contributed by atoms with Crippen molar-refractivity contribution in [3.05, 3.63) is 65.1 Å². The van der Waals surface area contributed by atoms with E-state index in [2.05, 4.69) is 14.8 Å². The number of methoxy groups -OCH3 is 1. The van der Waals surface area contributed by atoms with E-state index in [0.29, 0.717) is 82.3 Å². The number of morpholine rings is 1. The first-order valence-electron chi connectivity index (χ1n) is 15.1. The van der Waals surface area contributed by atoms with E-state index < -0.39 is 34.9 Å². The van der Waals surface area contributed by atoms with Crippen molar-refractivity contribution < 1.29 is 37.8 Å². The Bertz CT molecular complexity index is 1460. The second-order valence-electron chi connectivity index (χ2n) is 11.6. The van der Waals surface area contributed by atoms with Crippen LogP contribution in [0.5, 0.6) is 5.75 Å². The van der Waals surface area contributed by atoms with Gasteiger partial charge in [-0.15, -0.1) is 11.8 Å². The van der Waals surface area contributed by atoms with Gasteiger partial charge in [0.25, 0.3) is 0 Å². The highest BCUT2D eigenvalue weighted by atomic mass is 32.2. The number of hydrogen-bond acceptors (Lipinski definition) is 9. The van der Waals surface area contributed by atoms with Crippen molar-refractivity contribution in [2.24, 2.45) is 5.41 Å². The highest BCUT2D eigenvalue weighted by molar-refractivity contribution is 7.99. The number of nitrogens with one attached hydrogen (secondary N) is 1. The molecule has 0 radical (unpaired) electrons. The number of rotatable bonds is 12. The predicted octanol–water partition coefficient (Wildman–Crippen LogP) is 4.69. The second kappa shape index (κ2) is 15.1. The van der Waals surface area contributed by atoms with Crippen LogP contribution in [-0.2, 0) is 16.1 Å². The first kappa shape index (κ1) is 33.4. The van der Waals surface area contributed by atoms with Gasteiger partial charge in [0.05, 0.1) is 42.3 Å². The number of hydroxylamine groups is 1. The van der Waals surface area contributed by atoms with E-state index in [9.17, 15) is 28.3 Å². The van der Waals surface area contributed by atoms with Crippen LogP contribution in [0.25, 0.3) is 10.9 Å².